The van der Waals surface area contributed by atoms with Gasteiger partial charge in [-0.15, -0.1) is 0 Å². The molecular weight excluding hydrogens is 184 g/mol. The van der Waals surface area contributed by atoms with E-state index in [1.165, 1.54) is 0 Å². The van der Waals surface area contributed by atoms with Crippen molar-refractivity contribution in [2.45, 2.75) is 19.3 Å². The predicted molar refractivity (Wildman–Crippen MR) is 56.8 cm³/mol. The minimum Gasteiger partial charge on any atom is -0.341 e. The van der Waals surface area contributed by atoms with Gasteiger partial charge in [-0.05, 0) is 19.4 Å². The van der Waals surface area contributed by atoms with Crippen LogP contribution in [0, 0.1) is 0 Å². The third-order valence-corrected chi connectivity index (χ3v) is 3.15. The normalized spacial score (nSPS) is 17.5. The summed E-state index contributed by atoms with van der Waals surface area (Å²) in [5.41, 5.74) is 5.36. The van der Waals surface area contributed by atoms with Gasteiger partial charge in [-0.25, -0.2) is 0 Å². The zero-order valence-electron chi connectivity index (χ0n) is 8.00. The van der Waals surface area contributed by atoms with Crippen molar-refractivity contribution in [2.24, 2.45) is 5.73 Å². The standard InChI is InChI=1S/C9H18N2OS/c10-4-2-1-3-9(12)11-5-7-13-8-6-11/h1-8,10H2. The molecule has 1 fully saturated rings. The quantitative estimate of drug-likeness (QED) is 0.682. The van der Waals surface area contributed by atoms with Crippen molar-refractivity contribution in [3.63, 3.8) is 0 Å². The Balaban J connectivity index is 2.13. The fourth-order valence-electron chi connectivity index (χ4n) is 1.39. The summed E-state index contributed by atoms with van der Waals surface area (Å²) in [6, 6.07) is 0. The van der Waals surface area contributed by atoms with E-state index in [9.17, 15) is 4.79 Å². The topological polar surface area (TPSA) is 46.3 Å². The zero-order valence-corrected chi connectivity index (χ0v) is 8.81. The van der Waals surface area contributed by atoms with E-state index < -0.39 is 0 Å². The van der Waals surface area contributed by atoms with Crippen molar-refractivity contribution in [1.29, 1.82) is 0 Å². The van der Waals surface area contributed by atoms with E-state index in [1.807, 2.05) is 16.7 Å². The number of thioether (sulfide) groups is 1. The van der Waals surface area contributed by atoms with Gasteiger partial charge in [0.25, 0.3) is 0 Å². The average molecular weight is 202 g/mol. The molecule has 13 heavy (non-hydrogen) atoms. The smallest absolute Gasteiger partial charge is 0.222 e. The molecule has 4 heteroatoms. The second-order valence-electron chi connectivity index (χ2n) is 3.24. The van der Waals surface area contributed by atoms with Crippen LogP contribution >= 0.6 is 11.8 Å². The van der Waals surface area contributed by atoms with Crippen LogP contribution in [-0.2, 0) is 4.79 Å². The van der Waals surface area contributed by atoms with Crippen molar-refractivity contribution in [2.75, 3.05) is 31.1 Å². The van der Waals surface area contributed by atoms with Crippen molar-refractivity contribution in [1.82, 2.24) is 4.90 Å². The molecule has 1 saturated heterocycles. The van der Waals surface area contributed by atoms with Crippen LogP contribution in [0.4, 0.5) is 0 Å². The molecule has 2 N–H and O–H groups in total. The molecule has 0 spiro atoms. The Morgan fingerprint density at radius 1 is 1.31 bits per heavy atom. The summed E-state index contributed by atoms with van der Waals surface area (Å²) in [4.78, 5) is 13.5. The number of rotatable bonds is 4. The van der Waals surface area contributed by atoms with E-state index >= 15 is 0 Å². The van der Waals surface area contributed by atoms with Crippen LogP contribution in [0.2, 0.25) is 0 Å². The molecule has 0 unspecified atom stereocenters. The van der Waals surface area contributed by atoms with E-state index in [1.54, 1.807) is 0 Å². The van der Waals surface area contributed by atoms with Crippen LogP contribution in [-0.4, -0.2) is 41.9 Å². The number of nitrogens with zero attached hydrogens (tertiary/aromatic N) is 1. The molecule has 3 nitrogen and oxygen atoms in total. The number of nitrogens with two attached hydrogens (primary N) is 1. The number of amides is 1. The van der Waals surface area contributed by atoms with E-state index in [0.29, 0.717) is 18.9 Å². The van der Waals surface area contributed by atoms with Gasteiger partial charge in [0.05, 0.1) is 0 Å². The molecule has 1 heterocycles. The zero-order chi connectivity index (χ0) is 9.52. The SMILES string of the molecule is NCCCCC(=O)N1CCSCC1. The first-order valence-corrected chi connectivity index (χ1v) is 6.05. The van der Waals surface area contributed by atoms with Gasteiger partial charge >= 0.3 is 0 Å². The summed E-state index contributed by atoms with van der Waals surface area (Å²) in [6.07, 6.45) is 2.59. The summed E-state index contributed by atoms with van der Waals surface area (Å²) in [7, 11) is 0. The monoisotopic (exact) mass is 202 g/mol. The Labute approximate surface area is 84.0 Å². The van der Waals surface area contributed by atoms with Crippen LogP contribution in [0.5, 0.6) is 0 Å². The predicted octanol–water partition coefficient (Wildman–Crippen LogP) is 0.691. The van der Waals surface area contributed by atoms with Crippen LogP contribution < -0.4 is 5.73 Å². The number of hydrogen-bond donors (Lipinski definition) is 1. The van der Waals surface area contributed by atoms with Gasteiger partial charge in [0.2, 0.25) is 5.91 Å². The van der Waals surface area contributed by atoms with E-state index in [4.69, 9.17) is 5.73 Å². The Kier molecular flexibility index (Phi) is 5.23. The Hall–Kier alpha value is -0.220. The highest BCUT2D eigenvalue weighted by molar-refractivity contribution is 7.99. The average Bonchev–Trinajstić information content (AvgIpc) is 2.19. The maximum atomic E-state index is 11.5. The Morgan fingerprint density at radius 2 is 2.00 bits per heavy atom. The molecule has 0 aliphatic carbocycles. The summed E-state index contributed by atoms with van der Waals surface area (Å²) in [5.74, 6) is 2.51. The van der Waals surface area contributed by atoms with E-state index in [0.717, 1.165) is 37.4 Å². The summed E-state index contributed by atoms with van der Waals surface area (Å²) in [5, 5.41) is 0. The largest absolute Gasteiger partial charge is 0.341 e. The first-order valence-electron chi connectivity index (χ1n) is 4.90. The highest BCUT2D eigenvalue weighted by Crippen LogP contribution is 2.11. The molecule has 0 radical (unpaired) electrons. The number of hydrogen-bond acceptors (Lipinski definition) is 3. The van der Waals surface area contributed by atoms with Gasteiger partial charge in [0.15, 0.2) is 0 Å². The fourth-order valence-corrected chi connectivity index (χ4v) is 2.29. The Bertz CT molecular complexity index is 158. The highest BCUT2D eigenvalue weighted by atomic mass is 32.2. The van der Waals surface area contributed by atoms with Crippen LogP contribution in [0.1, 0.15) is 19.3 Å². The molecule has 1 aliphatic rings. The summed E-state index contributed by atoms with van der Waals surface area (Å²) in [6.45, 7) is 2.57. The Morgan fingerprint density at radius 3 is 2.62 bits per heavy atom. The molecule has 0 saturated carbocycles. The summed E-state index contributed by atoms with van der Waals surface area (Å²) < 4.78 is 0. The van der Waals surface area contributed by atoms with Crippen molar-refractivity contribution in [3.05, 3.63) is 0 Å². The van der Waals surface area contributed by atoms with Crippen LogP contribution in [0.25, 0.3) is 0 Å². The second kappa shape index (κ2) is 6.27. The molecule has 0 atom stereocenters. The molecule has 0 aromatic rings. The first-order chi connectivity index (χ1) is 6.34. The maximum Gasteiger partial charge on any atom is 0.222 e. The summed E-state index contributed by atoms with van der Waals surface area (Å²) >= 11 is 1.93. The molecule has 0 aromatic heterocycles. The molecular formula is C9H18N2OS. The van der Waals surface area contributed by atoms with Gasteiger partial charge < -0.3 is 10.6 Å². The third-order valence-electron chi connectivity index (χ3n) is 2.21. The van der Waals surface area contributed by atoms with Gasteiger partial charge in [-0.1, -0.05) is 0 Å². The van der Waals surface area contributed by atoms with Gasteiger partial charge in [-0.2, -0.15) is 11.8 Å². The van der Waals surface area contributed by atoms with Crippen molar-refractivity contribution in [3.8, 4) is 0 Å². The lowest BCUT2D eigenvalue weighted by Crippen LogP contribution is -2.37. The van der Waals surface area contributed by atoms with E-state index in [2.05, 4.69) is 0 Å². The third kappa shape index (κ3) is 4.00. The lowest BCUT2D eigenvalue weighted by molar-refractivity contribution is -0.130. The molecule has 0 aromatic carbocycles. The maximum absolute atomic E-state index is 11.5. The van der Waals surface area contributed by atoms with Gasteiger partial charge in [-0.3, -0.25) is 4.79 Å². The minimum absolute atomic E-state index is 0.314. The van der Waals surface area contributed by atoms with Gasteiger partial charge in [0, 0.05) is 31.0 Å². The number of carbonyl (C=O) groups is 1. The lowest BCUT2D eigenvalue weighted by atomic mass is 10.2. The van der Waals surface area contributed by atoms with Crippen LogP contribution in [0.15, 0.2) is 0 Å². The van der Waals surface area contributed by atoms with Crippen molar-refractivity contribution >= 4 is 17.7 Å². The molecule has 1 rings (SSSR count). The van der Waals surface area contributed by atoms with Crippen molar-refractivity contribution < 1.29 is 4.79 Å². The molecule has 0 bridgehead atoms. The molecule has 1 amide bonds. The first kappa shape index (κ1) is 10.9. The number of unbranched alkanes of at least 4 members (excludes halogenated alkanes) is 1. The lowest BCUT2D eigenvalue weighted by Gasteiger charge is -2.26. The fraction of sp³-hybridized carbons (Fsp3) is 0.889. The van der Waals surface area contributed by atoms with Crippen LogP contribution in [0.3, 0.4) is 0 Å². The second-order valence-corrected chi connectivity index (χ2v) is 4.46. The van der Waals surface area contributed by atoms with E-state index in [-0.39, 0.29) is 0 Å². The molecule has 1 aliphatic heterocycles. The van der Waals surface area contributed by atoms with Gasteiger partial charge in [0.1, 0.15) is 0 Å². The number of carbonyl (C=O) groups excluding carboxylic acids is 1. The highest BCUT2D eigenvalue weighted by Gasteiger charge is 2.15. The molecule has 76 valence electrons. The minimum atomic E-state index is 0.314.